The van der Waals surface area contributed by atoms with Crippen LogP contribution in [0.2, 0.25) is 0 Å². The minimum atomic E-state index is -0.510. The second-order valence-electron chi connectivity index (χ2n) is 4.85. The molecular weight excluding hydrogens is 256 g/mol. The van der Waals surface area contributed by atoms with Crippen molar-refractivity contribution in [2.75, 3.05) is 0 Å². The van der Waals surface area contributed by atoms with Crippen molar-refractivity contribution < 1.29 is 9.90 Å². The van der Waals surface area contributed by atoms with Crippen molar-refractivity contribution >= 4 is 5.78 Å². The van der Waals surface area contributed by atoms with Gasteiger partial charge in [-0.3, -0.25) is 19.1 Å². The fourth-order valence-corrected chi connectivity index (χ4v) is 2.20. The van der Waals surface area contributed by atoms with Crippen LogP contribution in [0.1, 0.15) is 34.2 Å². The van der Waals surface area contributed by atoms with Crippen molar-refractivity contribution in [3.63, 3.8) is 0 Å². The lowest BCUT2D eigenvalue weighted by atomic mass is 10.1. The van der Waals surface area contributed by atoms with E-state index in [0.29, 0.717) is 11.4 Å². The maximum Gasteiger partial charge on any atom is 0.269 e. The second-order valence-corrected chi connectivity index (χ2v) is 4.85. The molecule has 2 heterocycles. The number of aryl methyl sites for hydroxylation is 3. The summed E-state index contributed by atoms with van der Waals surface area (Å²) >= 11 is 0. The molecule has 5 nitrogen and oxygen atoms in total. The highest BCUT2D eigenvalue weighted by atomic mass is 16.3. The quantitative estimate of drug-likeness (QED) is 0.849. The van der Waals surface area contributed by atoms with Crippen molar-refractivity contribution in [3.8, 4) is 11.4 Å². The lowest BCUT2D eigenvalue weighted by Gasteiger charge is -2.15. The van der Waals surface area contributed by atoms with Gasteiger partial charge in [-0.05, 0) is 39.3 Å². The molecule has 0 unspecified atom stereocenters. The summed E-state index contributed by atoms with van der Waals surface area (Å²) in [6.07, 6.45) is 1.68. The van der Waals surface area contributed by atoms with E-state index in [1.807, 2.05) is 13.8 Å². The van der Waals surface area contributed by atoms with E-state index in [9.17, 15) is 14.7 Å². The number of aromatic nitrogens is 2. The van der Waals surface area contributed by atoms with Crippen LogP contribution in [0.5, 0.6) is 5.75 Å². The van der Waals surface area contributed by atoms with Gasteiger partial charge in [-0.25, -0.2) is 0 Å². The highest BCUT2D eigenvalue weighted by molar-refractivity contribution is 5.96. The van der Waals surface area contributed by atoms with Crippen molar-refractivity contribution in [1.29, 1.82) is 0 Å². The average Bonchev–Trinajstić information content (AvgIpc) is 2.32. The Balaban J connectivity index is 2.88. The maximum absolute atomic E-state index is 12.5. The smallest absolute Gasteiger partial charge is 0.269 e. The molecule has 0 amide bonds. The van der Waals surface area contributed by atoms with Gasteiger partial charge in [-0.15, -0.1) is 0 Å². The van der Waals surface area contributed by atoms with Gasteiger partial charge in [0.05, 0.1) is 5.69 Å². The van der Waals surface area contributed by atoms with Crippen molar-refractivity contribution in [2.24, 2.45) is 0 Å². The third kappa shape index (κ3) is 2.22. The zero-order valence-electron chi connectivity index (χ0n) is 11.9. The van der Waals surface area contributed by atoms with Crippen LogP contribution in [0.15, 0.2) is 23.1 Å². The number of nitrogens with zero attached hydrogens (tertiary/aromatic N) is 2. The lowest BCUT2D eigenvalue weighted by Crippen LogP contribution is -2.26. The lowest BCUT2D eigenvalue weighted by molar-refractivity contribution is 0.101. The number of aromatic hydroxyl groups is 1. The first-order valence-electron chi connectivity index (χ1n) is 6.23. The Labute approximate surface area is 116 Å². The van der Waals surface area contributed by atoms with Crippen LogP contribution in [-0.2, 0) is 0 Å². The van der Waals surface area contributed by atoms with Gasteiger partial charge in [0, 0.05) is 23.7 Å². The highest BCUT2D eigenvalue weighted by Gasteiger charge is 2.18. The Kier molecular flexibility index (Phi) is 3.44. The SMILES string of the molecule is CC(=O)c1c(O)cc(C)n(-c2cc(C)ncc2C)c1=O. The maximum atomic E-state index is 12.5. The van der Waals surface area contributed by atoms with Crippen LogP contribution in [0, 0.1) is 20.8 Å². The van der Waals surface area contributed by atoms with Crippen LogP contribution in [0.25, 0.3) is 5.69 Å². The number of pyridine rings is 2. The number of carbonyl (C=O) groups excluding carboxylic acids is 1. The number of hydrogen-bond acceptors (Lipinski definition) is 4. The van der Waals surface area contributed by atoms with Crippen LogP contribution in [0.4, 0.5) is 0 Å². The van der Waals surface area contributed by atoms with E-state index in [-0.39, 0.29) is 11.3 Å². The molecule has 5 heteroatoms. The topological polar surface area (TPSA) is 72.2 Å². The minimum absolute atomic E-state index is 0.190. The summed E-state index contributed by atoms with van der Waals surface area (Å²) in [6.45, 7) is 6.64. The van der Waals surface area contributed by atoms with Gasteiger partial charge in [0.1, 0.15) is 11.3 Å². The molecule has 0 spiro atoms. The van der Waals surface area contributed by atoms with E-state index in [2.05, 4.69) is 4.98 Å². The molecule has 0 atom stereocenters. The third-order valence-corrected chi connectivity index (χ3v) is 3.18. The van der Waals surface area contributed by atoms with E-state index in [1.54, 1.807) is 19.2 Å². The molecule has 0 saturated carbocycles. The zero-order chi connectivity index (χ0) is 15.0. The van der Waals surface area contributed by atoms with Crippen molar-refractivity contribution in [1.82, 2.24) is 9.55 Å². The molecule has 20 heavy (non-hydrogen) atoms. The van der Waals surface area contributed by atoms with Gasteiger partial charge in [0.15, 0.2) is 5.78 Å². The van der Waals surface area contributed by atoms with E-state index in [1.165, 1.54) is 17.6 Å². The van der Waals surface area contributed by atoms with Crippen molar-refractivity contribution in [2.45, 2.75) is 27.7 Å². The molecule has 2 aromatic rings. The molecule has 2 aromatic heterocycles. The Hall–Kier alpha value is -2.43. The standard InChI is InChI=1S/C15H16N2O3/c1-8-7-16-9(2)5-12(8)17-10(3)6-13(19)14(11(4)18)15(17)20/h5-7,19H,1-4H3. The summed E-state index contributed by atoms with van der Waals surface area (Å²) < 4.78 is 1.43. The summed E-state index contributed by atoms with van der Waals surface area (Å²) in [5.41, 5.74) is 2.12. The minimum Gasteiger partial charge on any atom is -0.507 e. The van der Waals surface area contributed by atoms with Gasteiger partial charge in [0.25, 0.3) is 5.56 Å². The predicted molar refractivity (Wildman–Crippen MR) is 75.7 cm³/mol. The van der Waals surface area contributed by atoms with E-state index >= 15 is 0 Å². The summed E-state index contributed by atoms with van der Waals surface area (Å²) in [5, 5.41) is 9.79. The Morgan fingerprint density at radius 1 is 1.25 bits per heavy atom. The highest BCUT2D eigenvalue weighted by Crippen LogP contribution is 2.20. The molecule has 0 radical (unpaired) electrons. The largest absolute Gasteiger partial charge is 0.507 e. The third-order valence-electron chi connectivity index (χ3n) is 3.18. The summed E-state index contributed by atoms with van der Waals surface area (Å²) in [4.78, 5) is 28.2. The normalized spacial score (nSPS) is 10.6. The van der Waals surface area contributed by atoms with Gasteiger partial charge in [-0.1, -0.05) is 0 Å². The predicted octanol–water partition coefficient (Wildman–Crippen LogP) is 2.07. The first kappa shape index (κ1) is 14.0. The van der Waals surface area contributed by atoms with E-state index in [0.717, 1.165) is 11.3 Å². The van der Waals surface area contributed by atoms with Crippen LogP contribution in [0.3, 0.4) is 0 Å². The number of carbonyl (C=O) groups is 1. The monoisotopic (exact) mass is 272 g/mol. The van der Waals surface area contributed by atoms with Crippen LogP contribution < -0.4 is 5.56 Å². The van der Waals surface area contributed by atoms with Crippen molar-refractivity contribution in [3.05, 3.63) is 51.2 Å². The Bertz CT molecular complexity index is 760. The molecule has 2 rings (SSSR count). The number of rotatable bonds is 2. The molecule has 0 saturated heterocycles. The van der Waals surface area contributed by atoms with Crippen LogP contribution in [-0.4, -0.2) is 20.4 Å². The average molecular weight is 272 g/mol. The fraction of sp³-hybridized carbons (Fsp3) is 0.267. The molecule has 0 aliphatic carbocycles. The van der Waals surface area contributed by atoms with Gasteiger partial charge in [-0.2, -0.15) is 0 Å². The summed E-state index contributed by atoms with van der Waals surface area (Å²) in [7, 11) is 0. The van der Waals surface area contributed by atoms with Gasteiger partial charge in [0.2, 0.25) is 0 Å². The zero-order valence-corrected chi connectivity index (χ0v) is 11.9. The van der Waals surface area contributed by atoms with Gasteiger partial charge >= 0.3 is 0 Å². The summed E-state index contributed by atoms with van der Waals surface area (Å²) in [6, 6.07) is 3.21. The molecule has 104 valence electrons. The first-order chi connectivity index (χ1) is 9.32. The second kappa shape index (κ2) is 4.92. The molecule has 0 bridgehead atoms. The number of Topliss-reactive ketones (excluding diaryl/α,β-unsaturated/α-hetero) is 1. The Morgan fingerprint density at radius 3 is 2.50 bits per heavy atom. The Morgan fingerprint density at radius 2 is 1.90 bits per heavy atom. The summed E-state index contributed by atoms with van der Waals surface area (Å²) in [5.74, 6) is -0.732. The fourth-order valence-electron chi connectivity index (χ4n) is 2.20. The molecule has 0 aliphatic rings. The van der Waals surface area contributed by atoms with E-state index in [4.69, 9.17) is 0 Å². The van der Waals surface area contributed by atoms with E-state index < -0.39 is 11.3 Å². The van der Waals surface area contributed by atoms with Gasteiger partial charge < -0.3 is 5.11 Å². The number of hydrogen-bond donors (Lipinski definition) is 1. The molecule has 0 aliphatic heterocycles. The first-order valence-corrected chi connectivity index (χ1v) is 6.23. The van der Waals surface area contributed by atoms with Crippen LogP contribution >= 0.6 is 0 Å². The molecular formula is C15H16N2O3. The number of ketones is 1. The molecule has 0 aromatic carbocycles. The molecule has 1 N–H and O–H groups in total. The molecule has 0 fully saturated rings.